The van der Waals surface area contributed by atoms with E-state index in [1.807, 2.05) is 59.5 Å². The smallest absolute Gasteiger partial charge is 0.240 e. The molecule has 2 aromatic carbocycles. The van der Waals surface area contributed by atoms with E-state index in [0.717, 1.165) is 47.9 Å². The topological polar surface area (TPSA) is 74.8 Å². The minimum Gasteiger partial charge on any atom is -0.341 e. The Kier molecular flexibility index (Phi) is 4.44. The van der Waals surface area contributed by atoms with Crippen molar-refractivity contribution in [3.8, 4) is 0 Å². The predicted octanol–water partition coefficient (Wildman–Crippen LogP) is 3.96. The lowest BCUT2D eigenvalue weighted by molar-refractivity contribution is -0.129. The van der Waals surface area contributed by atoms with Crippen LogP contribution < -0.4 is 0 Å². The highest BCUT2D eigenvalue weighted by molar-refractivity contribution is 8.00. The number of hydrogen-bond donors (Lipinski definition) is 1. The minimum atomic E-state index is -0.372. The number of rotatable bonds is 4. The number of carbonyl (C=O) groups excluding carboxylic acids is 1. The first kappa shape index (κ1) is 17.2. The number of fused-ring (bicyclic) bond motifs is 3. The Morgan fingerprint density at radius 3 is 2.57 bits per heavy atom. The average Bonchev–Trinajstić information content (AvgIpc) is 3.40. The third kappa shape index (κ3) is 3.11. The standard InChI is InChI=1S/C21H19N5OS/c27-20(26-12-6-7-13-26)18(14-8-2-1-3-9-14)28-21-23-19-17(24-25-21)15-10-4-5-11-16(15)22-19/h1-5,8-11,18H,6-7,12-13H2,(H,22,23,25)/t18-/m0/s1. The lowest BCUT2D eigenvalue weighted by Crippen LogP contribution is -2.31. The van der Waals surface area contributed by atoms with Crippen LogP contribution in [0, 0.1) is 0 Å². The van der Waals surface area contributed by atoms with Crippen molar-refractivity contribution >= 4 is 39.7 Å². The van der Waals surface area contributed by atoms with Crippen LogP contribution in [0.4, 0.5) is 0 Å². The zero-order valence-corrected chi connectivity index (χ0v) is 16.0. The number of likely N-dealkylation sites (tertiary alicyclic amines) is 1. The Morgan fingerprint density at radius 1 is 1.00 bits per heavy atom. The molecule has 2 aromatic heterocycles. The molecule has 1 N–H and O–H groups in total. The highest BCUT2D eigenvalue weighted by atomic mass is 32.2. The van der Waals surface area contributed by atoms with E-state index in [-0.39, 0.29) is 11.2 Å². The summed E-state index contributed by atoms with van der Waals surface area (Å²) in [6.45, 7) is 1.64. The van der Waals surface area contributed by atoms with Crippen molar-refractivity contribution in [1.29, 1.82) is 0 Å². The molecule has 0 bridgehead atoms. The molecule has 0 radical (unpaired) electrons. The van der Waals surface area contributed by atoms with Crippen LogP contribution in [0.5, 0.6) is 0 Å². The highest BCUT2D eigenvalue weighted by Crippen LogP contribution is 2.36. The molecule has 0 spiro atoms. The number of amides is 1. The molecule has 3 heterocycles. The van der Waals surface area contributed by atoms with Gasteiger partial charge >= 0.3 is 0 Å². The summed E-state index contributed by atoms with van der Waals surface area (Å²) in [4.78, 5) is 23.1. The molecule has 1 aliphatic rings. The fourth-order valence-electron chi connectivity index (χ4n) is 3.65. The average molecular weight is 389 g/mol. The Bertz CT molecular complexity index is 1140. The second-order valence-corrected chi connectivity index (χ2v) is 7.98. The number of nitrogens with one attached hydrogen (secondary N) is 1. The molecule has 0 aliphatic carbocycles. The van der Waals surface area contributed by atoms with Crippen molar-refractivity contribution in [3.63, 3.8) is 0 Å². The Hall–Kier alpha value is -2.93. The first-order valence-electron chi connectivity index (χ1n) is 9.41. The second-order valence-electron chi connectivity index (χ2n) is 6.90. The monoisotopic (exact) mass is 389 g/mol. The van der Waals surface area contributed by atoms with Gasteiger partial charge < -0.3 is 9.88 Å². The summed E-state index contributed by atoms with van der Waals surface area (Å²) < 4.78 is 0. The molecule has 7 heteroatoms. The number of para-hydroxylation sites is 1. The molecule has 1 atom stereocenters. The second kappa shape index (κ2) is 7.24. The van der Waals surface area contributed by atoms with Gasteiger partial charge in [-0.3, -0.25) is 4.79 Å². The summed E-state index contributed by atoms with van der Waals surface area (Å²) in [6.07, 6.45) is 2.13. The molecule has 1 fully saturated rings. The Morgan fingerprint density at radius 2 is 1.75 bits per heavy atom. The van der Waals surface area contributed by atoms with Gasteiger partial charge in [0.25, 0.3) is 0 Å². The van der Waals surface area contributed by atoms with Crippen LogP contribution in [0.3, 0.4) is 0 Å². The number of aromatic amines is 1. The lowest BCUT2D eigenvalue weighted by atomic mass is 10.1. The largest absolute Gasteiger partial charge is 0.341 e. The van der Waals surface area contributed by atoms with E-state index in [2.05, 4.69) is 20.2 Å². The van der Waals surface area contributed by atoms with Gasteiger partial charge in [0.2, 0.25) is 11.1 Å². The predicted molar refractivity (Wildman–Crippen MR) is 110 cm³/mol. The molecule has 6 nitrogen and oxygen atoms in total. The summed E-state index contributed by atoms with van der Waals surface area (Å²) in [6, 6.07) is 17.8. The summed E-state index contributed by atoms with van der Waals surface area (Å²) >= 11 is 1.37. The summed E-state index contributed by atoms with van der Waals surface area (Å²) in [5, 5.41) is 9.83. The molecule has 0 saturated carbocycles. The van der Waals surface area contributed by atoms with Crippen molar-refractivity contribution in [1.82, 2.24) is 25.1 Å². The number of H-pyrrole nitrogens is 1. The van der Waals surface area contributed by atoms with Crippen LogP contribution in [-0.2, 0) is 4.79 Å². The van der Waals surface area contributed by atoms with Gasteiger partial charge in [0.05, 0.1) is 0 Å². The Labute approximate surface area is 166 Å². The van der Waals surface area contributed by atoms with E-state index in [0.29, 0.717) is 10.8 Å². The van der Waals surface area contributed by atoms with E-state index in [1.54, 1.807) is 0 Å². The van der Waals surface area contributed by atoms with Crippen LogP contribution in [0.2, 0.25) is 0 Å². The highest BCUT2D eigenvalue weighted by Gasteiger charge is 2.29. The van der Waals surface area contributed by atoms with Gasteiger partial charge in [0.1, 0.15) is 10.8 Å². The van der Waals surface area contributed by atoms with Gasteiger partial charge in [-0.25, -0.2) is 4.98 Å². The van der Waals surface area contributed by atoms with Crippen LogP contribution >= 0.6 is 11.8 Å². The normalized spacial score (nSPS) is 15.4. The van der Waals surface area contributed by atoms with E-state index < -0.39 is 0 Å². The summed E-state index contributed by atoms with van der Waals surface area (Å²) in [5.41, 5.74) is 3.39. The van der Waals surface area contributed by atoms with Crippen molar-refractivity contribution < 1.29 is 4.79 Å². The molecule has 1 aliphatic heterocycles. The van der Waals surface area contributed by atoms with Crippen molar-refractivity contribution in [2.75, 3.05) is 13.1 Å². The van der Waals surface area contributed by atoms with E-state index in [4.69, 9.17) is 0 Å². The fourth-order valence-corrected chi connectivity index (χ4v) is 4.64. The van der Waals surface area contributed by atoms with Crippen molar-refractivity contribution in [3.05, 3.63) is 60.2 Å². The van der Waals surface area contributed by atoms with Crippen molar-refractivity contribution in [2.24, 2.45) is 0 Å². The molecule has 1 amide bonds. The molecule has 5 rings (SSSR count). The third-order valence-corrected chi connectivity index (χ3v) is 6.16. The number of benzene rings is 2. The SMILES string of the molecule is O=C([C@@H](Sc1nnc2c(n1)[nH]c1ccccc12)c1ccccc1)N1CCCC1. The fraction of sp³-hybridized carbons (Fsp3) is 0.238. The molecule has 0 unspecified atom stereocenters. The zero-order chi connectivity index (χ0) is 18.9. The van der Waals surface area contributed by atoms with Gasteiger partial charge in [-0.15, -0.1) is 10.2 Å². The summed E-state index contributed by atoms with van der Waals surface area (Å²) in [7, 11) is 0. The van der Waals surface area contributed by atoms with E-state index in [9.17, 15) is 4.79 Å². The lowest BCUT2D eigenvalue weighted by Gasteiger charge is -2.22. The molecular weight excluding hydrogens is 370 g/mol. The van der Waals surface area contributed by atoms with Gasteiger partial charge in [0.15, 0.2) is 5.65 Å². The van der Waals surface area contributed by atoms with Gasteiger partial charge in [-0.1, -0.05) is 60.3 Å². The van der Waals surface area contributed by atoms with Crippen LogP contribution in [-0.4, -0.2) is 44.1 Å². The number of hydrogen-bond acceptors (Lipinski definition) is 5. The van der Waals surface area contributed by atoms with Crippen LogP contribution in [0.15, 0.2) is 59.8 Å². The van der Waals surface area contributed by atoms with Crippen LogP contribution in [0.1, 0.15) is 23.7 Å². The molecule has 1 saturated heterocycles. The van der Waals surface area contributed by atoms with Crippen molar-refractivity contribution in [2.45, 2.75) is 23.2 Å². The molecule has 28 heavy (non-hydrogen) atoms. The number of thioether (sulfide) groups is 1. The number of aromatic nitrogens is 4. The first-order chi connectivity index (χ1) is 13.8. The maximum absolute atomic E-state index is 13.2. The van der Waals surface area contributed by atoms with E-state index >= 15 is 0 Å². The number of carbonyl (C=O) groups is 1. The van der Waals surface area contributed by atoms with Gasteiger partial charge in [0, 0.05) is 24.0 Å². The number of nitrogens with zero attached hydrogens (tertiary/aromatic N) is 4. The first-order valence-corrected chi connectivity index (χ1v) is 10.3. The summed E-state index contributed by atoms with van der Waals surface area (Å²) in [5.74, 6) is 0.119. The zero-order valence-electron chi connectivity index (χ0n) is 15.2. The third-order valence-electron chi connectivity index (χ3n) is 5.07. The molecule has 4 aromatic rings. The van der Waals surface area contributed by atoms with Gasteiger partial charge in [-0.2, -0.15) is 0 Å². The molecular formula is C21H19N5OS. The van der Waals surface area contributed by atoms with E-state index in [1.165, 1.54) is 11.8 Å². The van der Waals surface area contributed by atoms with Gasteiger partial charge in [-0.05, 0) is 24.5 Å². The quantitative estimate of drug-likeness (QED) is 0.535. The minimum absolute atomic E-state index is 0.119. The maximum Gasteiger partial charge on any atom is 0.240 e. The Balaban J connectivity index is 1.51. The maximum atomic E-state index is 13.2. The van der Waals surface area contributed by atoms with Crippen LogP contribution in [0.25, 0.3) is 22.1 Å². The molecule has 140 valence electrons.